The van der Waals surface area contributed by atoms with E-state index in [1.54, 1.807) is 24.3 Å². The van der Waals surface area contributed by atoms with E-state index < -0.39 is 16.1 Å². The van der Waals surface area contributed by atoms with Crippen molar-refractivity contribution in [3.63, 3.8) is 0 Å². The van der Waals surface area contributed by atoms with E-state index in [2.05, 4.69) is 106 Å². The van der Waals surface area contributed by atoms with E-state index in [0.717, 1.165) is 0 Å². The number of carbonyl (C=O) groups is 2. The van der Waals surface area contributed by atoms with E-state index in [1.165, 1.54) is 0 Å². The van der Waals surface area contributed by atoms with Crippen molar-refractivity contribution in [2.75, 3.05) is 0 Å². The van der Waals surface area contributed by atoms with Crippen LogP contribution in [0.15, 0.2) is 24.3 Å². The molecule has 2 nitrogen and oxygen atoms in total. The Hall–Kier alpha value is -1.89. The average Bonchev–Trinajstić information content (AvgIpc) is 2.72. The van der Waals surface area contributed by atoms with E-state index in [1.807, 2.05) is 0 Å². The normalized spacial score (nSPS) is 12.3. The summed E-state index contributed by atoms with van der Waals surface area (Å²) in [6.45, 7) is 26.9. The Bertz CT molecular complexity index is 850. The van der Waals surface area contributed by atoms with Gasteiger partial charge in [-0.1, -0.05) is 83.1 Å². The molecule has 0 bridgehead atoms. The Kier molecular flexibility index (Phi) is 10.8. The van der Waals surface area contributed by atoms with Crippen LogP contribution in [0, 0.1) is 22.9 Å². The van der Waals surface area contributed by atoms with Gasteiger partial charge in [0.05, 0.1) is 0 Å². The summed E-state index contributed by atoms with van der Waals surface area (Å²) >= 11 is 0. The summed E-state index contributed by atoms with van der Waals surface area (Å²) in [7, 11) is -3.92. The molecule has 0 aliphatic carbocycles. The lowest BCUT2D eigenvalue weighted by molar-refractivity contribution is 0.104. The molecule has 0 aromatic heterocycles. The SMILES string of the molecule is CC(C)[Si](C#CC(=O)c1ccc(C(=O)C#C[Si](C(C)C)(C(C)C)C(C)C)cc1)(C(C)C)C(C)C. The van der Waals surface area contributed by atoms with Crippen molar-refractivity contribution in [2.45, 2.75) is 116 Å². The fourth-order valence-electron chi connectivity index (χ4n) is 6.11. The molecule has 1 rings (SSSR count). The molecule has 0 heterocycles. The van der Waals surface area contributed by atoms with Gasteiger partial charge in [0.25, 0.3) is 0 Å². The molecule has 0 amide bonds. The maximum atomic E-state index is 12.9. The number of ketones is 2. The molecule has 0 fully saturated rings. The zero-order valence-electron chi connectivity index (χ0n) is 23.6. The fraction of sp³-hybridized carbons (Fsp3) is 0.600. The van der Waals surface area contributed by atoms with Crippen molar-refractivity contribution in [1.82, 2.24) is 0 Å². The standard InChI is InChI=1S/C30H46O2Si2/c1-21(2)33(22(3)4,23(5)6)19-17-29(31)27-13-15-28(16-14-27)30(32)18-20-34(24(7)8,25(9)10)26(11)12/h13-16,21-26H,1-12H3. The highest BCUT2D eigenvalue weighted by Gasteiger charge is 2.42. The molecule has 0 atom stereocenters. The zero-order valence-corrected chi connectivity index (χ0v) is 25.6. The van der Waals surface area contributed by atoms with Crippen molar-refractivity contribution in [3.05, 3.63) is 35.4 Å². The molecule has 0 aliphatic rings. The van der Waals surface area contributed by atoms with Crippen molar-refractivity contribution in [2.24, 2.45) is 0 Å². The average molecular weight is 495 g/mol. The summed E-state index contributed by atoms with van der Waals surface area (Å²) in [5.74, 6) is 5.62. The van der Waals surface area contributed by atoms with Gasteiger partial charge in [-0.15, -0.1) is 11.1 Å². The number of hydrogen-bond acceptors (Lipinski definition) is 2. The number of carbonyl (C=O) groups excluding carboxylic acids is 2. The summed E-state index contributed by atoms with van der Waals surface area (Å²) in [5.41, 5.74) is 10.9. The molecular formula is C30H46O2Si2. The minimum absolute atomic E-state index is 0.172. The first-order valence-corrected chi connectivity index (χ1v) is 17.4. The second kappa shape index (κ2) is 12.2. The van der Waals surface area contributed by atoms with Crippen molar-refractivity contribution in [3.8, 4) is 22.9 Å². The van der Waals surface area contributed by atoms with Crippen molar-refractivity contribution < 1.29 is 9.59 Å². The third-order valence-electron chi connectivity index (χ3n) is 7.93. The summed E-state index contributed by atoms with van der Waals surface area (Å²) in [6, 6.07) is 6.86. The monoisotopic (exact) mass is 494 g/mol. The molecule has 0 aliphatic heterocycles. The Morgan fingerprint density at radius 2 is 0.706 bits per heavy atom. The second-order valence-electron chi connectivity index (χ2n) is 11.5. The maximum Gasteiger partial charge on any atom is 0.235 e. The summed E-state index contributed by atoms with van der Waals surface area (Å²) < 4.78 is 0. The van der Waals surface area contributed by atoms with Gasteiger partial charge in [0.2, 0.25) is 11.6 Å². The minimum atomic E-state index is -1.96. The Balaban J connectivity index is 3.23. The maximum absolute atomic E-state index is 12.9. The molecule has 34 heavy (non-hydrogen) atoms. The fourth-order valence-corrected chi connectivity index (χ4v) is 16.5. The first-order chi connectivity index (χ1) is 15.6. The van der Waals surface area contributed by atoms with Crippen molar-refractivity contribution in [1.29, 1.82) is 0 Å². The third-order valence-corrected chi connectivity index (χ3v) is 20.5. The highest BCUT2D eigenvalue weighted by Crippen LogP contribution is 2.41. The van der Waals surface area contributed by atoms with Gasteiger partial charge in [0.1, 0.15) is 16.1 Å². The van der Waals surface area contributed by atoms with Crippen LogP contribution in [0.4, 0.5) is 0 Å². The number of benzene rings is 1. The molecule has 1 aromatic carbocycles. The van der Waals surface area contributed by atoms with Crippen LogP contribution in [-0.4, -0.2) is 27.7 Å². The number of Topliss-reactive ketones (excluding diaryl/α,β-unsaturated/α-hetero) is 2. The van der Waals surface area contributed by atoms with Gasteiger partial charge >= 0.3 is 0 Å². The van der Waals surface area contributed by atoms with Gasteiger partial charge < -0.3 is 0 Å². The van der Waals surface area contributed by atoms with E-state index >= 15 is 0 Å². The van der Waals surface area contributed by atoms with Crippen LogP contribution in [0.2, 0.25) is 33.2 Å². The molecule has 186 valence electrons. The number of hydrogen-bond donors (Lipinski definition) is 0. The molecule has 1 aromatic rings. The van der Waals surface area contributed by atoms with Gasteiger partial charge in [-0.3, -0.25) is 9.59 Å². The van der Waals surface area contributed by atoms with E-state index in [0.29, 0.717) is 44.4 Å². The molecule has 0 spiro atoms. The first-order valence-electron chi connectivity index (χ1n) is 12.9. The highest BCUT2D eigenvalue weighted by atomic mass is 28.3. The predicted octanol–water partition coefficient (Wildman–Crippen LogP) is 8.49. The lowest BCUT2D eigenvalue weighted by Gasteiger charge is -2.38. The number of rotatable bonds is 8. The summed E-state index contributed by atoms with van der Waals surface area (Å²) in [6.07, 6.45) is 0. The summed E-state index contributed by atoms with van der Waals surface area (Å²) in [4.78, 5) is 25.7. The van der Waals surface area contributed by atoms with Gasteiger partial charge in [-0.05, 0) is 69.4 Å². The molecule has 0 radical (unpaired) electrons. The highest BCUT2D eigenvalue weighted by molar-refractivity contribution is 6.91. The van der Waals surface area contributed by atoms with E-state index in [-0.39, 0.29) is 11.6 Å². The third kappa shape index (κ3) is 6.21. The Morgan fingerprint density at radius 3 is 0.882 bits per heavy atom. The largest absolute Gasteiger partial charge is 0.279 e. The van der Waals surface area contributed by atoms with Gasteiger partial charge in [-0.25, -0.2) is 0 Å². The quantitative estimate of drug-likeness (QED) is 0.206. The van der Waals surface area contributed by atoms with Crippen molar-refractivity contribution >= 4 is 27.7 Å². The minimum Gasteiger partial charge on any atom is -0.279 e. The molecular weight excluding hydrogens is 449 g/mol. The molecule has 0 N–H and O–H groups in total. The molecule has 0 unspecified atom stereocenters. The summed E-state index contributed by atoms with van der Waals surface area (Å²) in [5, 5.41) is 0. The Labute approximate surface area is 211 Å². The Morgan fingerprint density at radius 1 is 0.500 bits per heavy atom. The predicted molar refractivity (Wildman–Crippen MR) is 153 cm³/mol. The van der Waals surface area contributed by atoms with Gasteiger partial charge in [0.15, 0.2) is 0 Å². The lowest BCUT2D eigenvalue weighted by atomic mass is 10.1. The second-order valence-corrected chi connectivity index (χ2v) is 22.7. The lowest BCUT2D eigenvalue weighted by Crippen LogP contribution is -2.43. The van der Waals surface area contributed by atoms with Crippen LogP contribution in [0.25, 0.3) is 0 Å². The zero-order chi connectivity index (χ0) is 26.4. The molecule has 0 saturated heterocycles. The van der Waals surface area contributed by atoms with Crippen LogP contribution < -0.4 is 0 Å². The van der Waals surface area contributed by atoms with Crippen LogP contribution in [0.3, 0.4) is 0 Å². The van der Waals surface area contributed by atoms with E-state index in [4.69, 9.17) is 0 Å². The van der Waals surface area contributed by atoms with Gasteiger partial charge in [0, 0.05) is 11.1 Å². The van der Waals surface area contributed by atoms with Crippen LogP contribution in [0.5, 0.6) is 0 Å². The molecule has 4 heteroatoms. The smallest absolute Gasteiger partial charge is 0.235 e. The topological polar surface area (TPSA) is 34.1 Å². The first kappa shape index (κ1) is 30.1. The van der Waals surface area contributed by atoms with Gasteiger partial charge in [-0.2, -0.15) is 0 Å². The van der Waals surface area contributed by atoms with Crippen LogP contribution >= 0.6 is 0 Å². The van der Waals surface area contributed by atoms with Crippen LogP contribution in [0.1, 0.15) is 104 Å². The van der Waals surface area contributed by atoms with E-state index in [9.17, 15) is 9.59 Å². The van der Waals surface area contributed by atoms with Crippen LogP contribution in [-0.2, 0) is 0 Å². The molecule has 0 saturated carbocycles.